The zero-order valence-corrected chi connectivity index (χ0v) is 11.8. The fraction of sp³-hybridized carbons (Fsp3) is 0.250. The van der Waals surface area contributed by atoms with Gasteiger partial charge in [0.1, 0.15) is 0 Å². The van der Waals surface area contributed by atoms with Gasteiger partial charge >= 0.3 is 0 Å². The van der Waals surface area contributed by atoms with Gasteiger partial charge < -0.3 is 4.90 Å². The van der Waals surface area contributed by atoms with Gasteiger partial charge in [0.2, 0.25) is 11.1 Å². The molecule has 1 aromatic rings. The summed E-state index contributed by atoms with van der Waals surface area (Å²) in [5, 5.41) is -0.899. The fourth-order valence-corrected chi connectivity index (χ4v) is 2.42. The lowest BCUT2D eigenvalue weighted by molar-refractivity contribution is -0.120. The third kappa shape index (κ3) is 2.91. The Labute approximate surface area is 124 Å². The molecule has 0 saturated carbocycles. The van der Waals surface area contributed by atoms with Crippen LogP contribution in [-0.2, 0) is 9.59 Å². The van der Waals surface area contributed by atoms with E-state index in [1.807, 2.05) is 0 Å². The van der Waals surface area contributed by atoms with Gasteiger partial charge in [0, 0.05) is 18.5 Å². The van der Waals surface area contributed by atoms with Crippen molar-refractivity contribution in [3.05, 3.63) is 28.8 Å². The van der Waals surface area contributed by atoms with Crippen LogP contribution in [0.5, 0.6) is 0 Å². The molecule has 1 atom stereocenters. The molecule has 1 fully saturated rings. The van der Waals surface area contributed by atoms with Gasteiger partial charge in [-0.25, -0.2) is 0 Å². The van der Waals surface area contributed by atoms with E-state index in [0.29, 0.717) is 10.7 Å². The number of anilines is 1. The van der Waals surface area contributed by atoms with Crippen LogP contribution in [0.1, 0.15) is 16.8 Å². The largest absolute Gasteiger partial charge is 0.310 e. The highest BCUT2D eigenvalue weighted by molar-refractivity contribution is 6.67. The van der Waals surface area contributed by atoms with Crippen LogP contribution < -0.4 is 4.90 Å². The van der Waals surface area contributed by atoms with E-state index in [1.165, 1.54) is 23.1 Å². The van der Waals surface area contributed by atoms with Crippen molar-refractivity contribution in [2.24, 2.45) is 5.92 Å². The third-order valence-electron chi connectivity index (χ3n) is 2.91. The molecular formula is C12H8Cl3NO3. The Bertz CT molecular complexity index is 573. The molecule has 1 amide bonds. The van der Waals surface area contributed by atoms with Crippen LogP contribution >= 0.6 is 34.8 Å². The first-order valence-electron chi connectivity index (χ1n) is 5.39. The van der Waals surface area contributed by atoms with Gasteiger partial charge in [0.05, 0.1) is 16.6 Å². The zero-order valence-electron chi connectivity index (χ0n) is 9.53. The smallest absolute Gasteiger partial charge is 0.252 e. The Morgan fingerprint density at radius 3 is 2.47 bits per heavy atom. The molecule has 7 heteroatoms. The van der Waals surface area contributed by atoms with Gasteiger partial charge in [0.25, 0.3) is 5.24 Å². The minimum atomic E-state index is -0.644. The van der Waals surface area contributed by atoms with Crippen molar-refractivity contribution >= 4 is 56.9 Å². The number of rotatable bonds is 3. The number of nitrogens with zero attached hydrogens (tertiary/aromatic N) is 1. The van der Waals surface area contributed by atoms with Gasteiger partial charge in [-0.05, 0) is 41.4 Å². The second-order valence-electron chi connectivity index (χ2n) is 4.15. The average Bonchev–Trinajstić information content (AvgIpc) is 2.72. The molecule has 1 aliphatic rings. The topological polar surface area (TPSA) is 54.5 Å². The molecule has 0 aliphatic carbocycles. The summed E-state index contributed by atoms with van der Waals surface area (Å²) < 4.78 is 0. The van der Waals surface area contributed by atoms with E-state index in [0.717, 1.165) is 0 Å². The highest BCUT2D eigenvalue weighted by Gasteiger charge is 2.35. The normalized spacial score (nSPS) is 18.8. The molecule has 0 N–H and O–H groups in total. The van der Waals surface area contributed by atoms with Crippen LogP contribution in [-0.4, -0.2) is 22.9 Å². The molecule has 0 bridgehead atoms. The molecule has 100 valence electrons. The molecule has 4 nitrogen and oxygen atoms in total. The summed E-state index contributed by atoms with van der Waals surface area (Å²) in [5.41, 5.74) is 0.591. The molecule has 0 aromatic heterocycles. The van der Waals surface area contributed by atoms with Crippen molar-refractivity contribution < 1.29 is 14.4 Å². The van der Waals surface area contributed by atoms with E-state index in [1.54, 1.807) is 0 Å². The Hall–Kier alpha value is -1.10. The van der Waals surface area contributed by atoms with E-state index in [2.05, 4.69) is 0 Å². The third-order valence-corrected chi connectivity index (χ3v) is 3.76. The number of hydrogen-bond acceptors (Lipinski definition) is 3. The number of amides is 1. The fourth-order valence-electron chi connectivity index (χ4n) is 1.93. The standard InChI is InChI=1S/C12H8Cl3NO3/c13-8-2-1-6(11(14)18)3-9(8)16-5-7(12(15)19)4-10(16)17/h1-3,7H,4-5H2. The second kappa shape index (κ2) is 5.49. The van der Waals surface area contributed by atoms with Crippen LogP contribution in [0, 0.1) is 5.92 Å². The molecule has 0 spiro atoms. The maximum atomic E-state index is 11.9. The summed E-state index contributed by atoms with van der Waals surface area (Å²) >= 11 is 16.8. The Morgan fingerprint density at radius 2 is 1.95 bits per heavy atom. The molecule has 1 aliphatic heterocycles. The summed E-state index contributed by atoms with van der Waals surface area (Å²) in [5.74, 6) is -0.819. The minimum absolute atomic E-state index is 0.0394. The minimum Gasteiger partial charge on any atom is -0.310 e. The summed E-state index contributed by atoms with van der Waals surface area (Å²) in [4.78, 5) is 35.4. The Kier molecular flexibility index (Phi) is 4.13. The average molecular weight is 321 g/mol. The molecule has 1 unspecified atom stereocenters. The maximum Gasteiger partial charge on any atom is 0.252 e. The van der Waals surface area contributed by atoms with Gasteiger partial charge in [-0.3, -0.25) is 14.4 Å². The first-order chi connectivity index (χ1) is 8.90. The van der Waals surface area contributed by atoms with E-state index in [-0.39, 0.29) is 24.4 Å². The van der Waals surface area contributed by atoms with Crippen LogP contribution in [0.25, 0.3) is 0 Å². The number of benzene rings is 1. The molecule has 0 radical (unpaired) electrons. The Balaban J connectivity index is 2.36. The molecule has 1 aromatic carbocycles. The quantitative estimate of drug-likeness (QED) is 0.805. The number of halogens is 3. The summed E-state index contributed by atoms with van der Waals surface area (Å²) in [6, 6.07) is 4.37. The van der Waals surface area contributed by atoms with Crippen LogP contribution in [0.2, 0.25) is 5.02 Å². The molecule has 1 saturated heterocycles. The van der Waals surface area contributed by atoms with Crippen molar-refractivity contribution in [1.82, 2.24) is 0 Å². The lowest BCUT2D eigenvalue weighted by atomic mass is 10.1. The molecule has 1 heterocycles. The number of hydrogen-bond donors (Lipinski definition) is 0. The highest BCUT2D eigenvalue weighted by atomic mass is 35.5. The van der Waals surface area contributed by atoms with Crippen molar-refractivity contribution in [2.75, 3.05) is 11.4 Å². The van der Waals surface area contributed by atoms with E-state index in [4.69, 9.17) is 34.8 Å². The number of carbonyl (C=O) groups excluding carboxylic acids is 3. The van der Waals surface area contributed by atoms with Crippen molar-refractivity contribution in [3.8, 4) is 0 Å². The monoisotopic (exact) mass is 319 g/mol. The first-order valence-corrected chi connectivity index (χ1v) is 6.52. The molecule has 19 heavy (non-hydrogen) atoms. The van der Waals surface area contributed by atoms with Crippen LogP contribution in [0.3, 0.4) is 0 Å². The summed E-state index contributed by atoms with van der Waals surface area (Å²) in [6.45, 7) is 0.154. The second-order valence-corrected chi connectivity index (χ2v) is 5.27. The van der Waals surface area contributed by atoms with Crippen molar-refractivity contribution in [1.29, 1.82) is 0 Å². The predicted molar refractivity (Wildman–Crippen MR) is 73.0 cm³/mol. The SMILES string of the molecule is O=C(Cl)c1ccc(Cl)c(N2CC(C(=O)Cl)CC2=O)c1. The highest BCUT2D eigenvalue weighted by Crippen LogP contribution is 2.33. The van der Waals surface area contributed by atoms with Crippen molar-refractivity contribution in [2.45, 2.75) is 6.42 Å². The van der Waals surface area contributed by atoms with Crippen LogP contribution in [0.4, 0.5) is 5.69 Å². The Morgan fingerprint density at radius 1 is 1.26 bits per heavy atom. The maximum absolute atomic E-state index is 11.9. The van der Waals surface area contributed by atoms with Gasteiger partial charge in [0.15, 0.2) is 0 Å². The van der Waals surface area contributed by atoms with Crippen LogP contribution in [0.15, 0.2) is 18.2 Å². The lowest BCUT2D eigenvalue weighted by Crippen LogP contribution is -2.25. The van der Waals surface area contributed by atoms with Gasteiger partial charge in [-0.2, -0.15) is 0 Å². The van der Waals surface area contributed by atoms with E-state index in [9.17, 15) is 14.4 Å². The summed E-state index contributed by atoms with van der Waals surface area (Å²) in [6.07, 6.45) is 0.0394. The predicted octanol–water partition coefficient (Wildman–Crippen LogP) is 2.84. The molecule has 2 rings (SSSR count). The lowest BCUT2D eigenvalue weighted by Gasteiger charge is -2.18. The first kappa shape index (κ1) is 14.3. The van der Waals surface area contributed by atoms with Gasteiger partial charge in [-0.1, -0.05) is 11.6 Å². The zero-order chi connectivity index (χ0) is 14.2. The van der Waals surface area contributed by atoms with E-state index >= 15 is 0 Å². The number of carbonyl (C=O) groups is 3. The molecular weight excluding hydrogens is 312 g/mol. The van der Waals surface area contributed by atoms with Crippen molar-refractivity contribution in [3.63, 3.8) is 0 Å². The van der Waals surface area contributed by atoms with E-state index < -0.39 is 16.4 Å². The van der Waals surface area contributed by atoms with Gasteiger partial charge in [-0.15, -0.1) is 0 Å². The summed E-state index contributed by atoms with van der Waals surface area (Å²) in [7, 11) is 0.